The molecule has 2 heterocycles. The molecule has 0 aliphatic heterocycles. The van der Waals surface area contributed by atoms with Crippen molar-refractivity contribution in [1.82, 2.24) is 19.1 Å². The molecule has 3 aromatic rings. The first-order valence-electron chi connectivity index (χ1n) is 7.98. The van der Waals surface area contributed by atoms with Gasteiger partial charge in [-0.15, -0.1) is 0 Å². The average Bonchev–Trinajstić information content (AvgIpc) is 3.27. The molecule has 4 nitrogen and oxygen atoms in total. The molecule has 0 bridgehead atoms. The van der Waals surface area contributed by atoms with E-state index in [0.29, 0.717) is 0 Å². The Morgan fingerprint density at radius 1 is 1.14 bits per heavy atom. The lowest BCUT2D eigenvalue weighted by molar-refractivity contribution is 0.719. The summed E-state index contributed by atoms with van der Waals surface area (Å²) in [6.45, 7) is 2.91. The van der Waals surface area contributed by atoms with Crippen LogP contribution in [0.2, 0.25) is 0 Å². The number of nitrogens with zero attached hydrogens (tertiary/aromatic N) is 4. The van der Waals surface area contributed by atoms with Crippen LogP contribution in [0.5, 0.6) is 0 Å². The van der Waals surface area contributed by atoms with Crippen LogP contribution in [0.4, 0.5) is 0 Å². The van der Waals surface area contributed by atoms with E-state index in [1.54, 1.807) is 0 Å². The molecule has 1 aliphatic rings. The van der Waals surface area contributed by atoms with E-state index in [-0.39, 0.29) is 0 Å². The van der Waals surface area contributed by atoms with E-state index in [1.807, 2.05) is 18.7 Å². The molecule has 0 saturated heterocycles. The third kappa shape index (κ3) is 2.34. The summed E-state index contributed by atoms with van der Waals surface area (Å²) in [5, 5.41) is 0. The highest BCUT2D eigenvalue weighted by Crippen LogP contribution is 2.24. The molecule has 1 aromatic carbocycles. The Kier molecular flexibility index (Phi) is 3.29. The third-order valence-corrected chi connectivity index (χ3v) is 4.47. The van der Waals surface area contributed by atoms with Crippen LogP contribution in [-0.2, 0) is 25.8 Å². The van der Waals surface area contributed by atoms with Gasteiger partial charge in [0.1, 0.15) is 5.82 Å². The largest absolute Gasteiger partial charge is 0.329 e. The fourth-order valence-corrected chi connectivity index (χ4v) is 3.28. The van der Waals surface area contributed by atoms with Gasteiger partial charge in [-0.3, -0.25) is 0 Å². The maximum atomic E-state index is 4.55. The van der Waals surface area contributed by atoms with Crippen LogP contribution in [0.25, 0.3) is 5.69 Å². The van der Waals surface area contributed by atoms with Gasteiger partial charge in [-0.1, -0.05) is 13.0 Å². The molecular formula is C18H20N4. The van der Waals surface area contributed by atoms with Crippen molar-refractivity contribution in [3.63, 3.8) is 0 Å². The Morgan fingerprint density at radius 2 is 2.05 bits per heavy atom. The molecule has 4 rings (SSSR count). The van der Waals surface area contributed by atoms with Crippen molar-refractivity contribution in [3.8, 4) is 5.69 Å². The number of hydrogen-bond donors (Lipinski definition) is 0. The van der Waals surface area contributed by atoms with Crippen molar-refractivity contribution in [2.24, 2.45) is 0 Å². The molecule has 112 valence electrons. The summed E-state index contributed by atoms with van der Waals surface area (Å²) in [6.07, 6.45) is 12.6. The number of hydrogen-bond acceptors (Lipinski definition) is 2. The highest BCUT2D eigenvalue weighted by Gasteiger charge is 2.12. The second-order valence-electron chi connectivity index (χ2n) is 5.90. The monoisotopic (exact) mass is 292 g/mol. The number of benzene rings is 1. The Balaban J connectivity index is 1.59. The summed E-state index contributed by atoms with van der Waals surface area (Å²) in [4.78, 5) is 8.91. The zero-order valence-electron chi connectivity index (χ0n) is 12.9. The van der Waals surface area contributed by atoms with Gasteiger partial charge >= 0.3 is 0 Å². The van der Waals surface area contributed by atoms with Crippen LogP contribution in [-0.4, -0.2) is 19.1 Å². The number of imidazole rings is 2. The predicted molar refractivity (Wildman–Crippen MR) is 86.3 cm³/mol. The third-order valence-electron chi connectivity index (χ3n) is 4.47. The molecule has 0 N–H and O–H groups in total. The smallest absolute Gasteiger partial charge is 0.108 e. The number of aryl methyl sites for hydroxylation is 3. The second-order valence-corrected chi connectivity index (χ2v) is 5.90. The van der Waals surface area contributed by atoms with Crippen molar-refractivity contribution >= 4 is 0 Å². The summed E-state index contributed by atoms with van der Waals surface area (Å²) in [6, 6.07) is 6.77. The van der Waals surface area contributed by atoms with Crippen LogP contribution in [0.3, 0.4) is 0 Å². The molecular weight excluding hydrogens is 272 g/mol. The van der Waals surface area contributed by atoms with E-state index >= 15 is 0 Å². The van der Waals surface area contributed by atoms with Gasteiger partial charge in [0.05, 0.1) is 18.6 Å². The molecule has 0 radical (unpaired) electrons. The van der Waals surface area contributed by atoms with Crippen molar-refractivity contribution in [3.05, 3.63) is 65.8 Å². The molecule has 22 heavy (non-hydrogen) atoms. The van der Waals surface area contributed by atoms with Crippen LogP contribution in [0.15, 0.2) is 43.1 Å². The first kappa shape index (κ1) is 13.3. The van der Waals surface area contributed by atoms with Crippen molar-refractivity contribution < 1.29 is 0 Å². The number of aromatic nitrogens is 4. The summed E-state index contributed by atoms with van der Waals surface area (Å²) in [5.74, 6) is 1.10. The van der Waals surface area contributed by atoms with Crippen molar-refractivity contribution in [1.29, 1.82) is 0 Å². The lowest BCUT2D eigenvalue weighted by Crippen LogP contribution is -2.03. The molecule has 0 amide bonds. The maximum Gasteiger partial charge on any atom is 0.108 e. The Bertz CT molecular complexity index is 797. The molecule has 0 unspecified atom stereocenters. The minimum atomic E-state index is 0.779. The highest BCUT2D eigenvalue weighted by molar-refractivity contribution is 5.43. The fourth-order valence-electron chi connectivity index (χ4n) is 3.28. The quantitative estimate of drug-likeness (QED) is 0.740. The van der Waals surface area contributed by atoms with Crippen molar-refractivity contribution in [2.45, 2.75) is 39.2 Å². The summed E-state index contributed by atoms with van der Waals surface area (Å²) < 4.78 is 4.28. The van der Waals surface area contributed by atoms with E-state index in [4.69, 9.17) is 0 Å². The molecule has 4 heteroatoms. The lowest BCUT2D eigenvalue weighted by Gasteiger charge is -2.06. The average molecular weight is 292 g/mol. The maximum absolute atomic E-state index is 4.55. The summed E-state index contributed by atoms with van der Waals surface area (Å²) >= 11 is 0. The van der Waals surface area contributed by atoms with Gasteiger partial charge < -0.3 is 9.13 Å². The Hall–Kier alpha value is -2.36. The first-order valence-corrected chi connectivity index (χ1v) is 7.98. The number of fused-ring (bicyclic) bond motifs is 1. The van der Waals surface area contributed by atoms with Gasteiger partial charge in [0.2, 0.25) is 0 Å². The van der Waals surface area contributed by atoms with Gasteiger partial charge in [0.25, 0.3) is 0 Å². The predicted octanol–water partition coefficient (Wildman–Crippen LogP) is 3.17. The van der Waals surface area contributed by atoms with Crippen LogP contribution < -0.4 is 0 Å². The van der Waals surface area contributed by atoms with E-state index in [0.717, 1.165) is 24.5 Å². The Labute approximate surface area is 130 Å². The van der Waals surface area contributed by atoms with Crippen LogP contribution >= 0.6 is 0 Å². The van der Waals surface area contributed by atoms with Gasteiger partial charge in [-0.05, 0) is 42.5 Å². The van der Waals surface area contributed by atoms with Gasteiger partial charge in [-0.2, -0.15) is 0 Å². The first-order chi connectivity index (χ1) is 10.8. The summed E-state index contributed by atoms with van der Waals surface area (Å²) in [7, 11) is 0. The lowest BCUT2D eigenvalue weighted by atomic mass is 10.1. The van der Waals surface area contributed by atoms with E-state index in [9.17, 15) is 0 Å². The van der Waals surface area contributed by atoms with E-state index in [2.05, 4.69) is 50.4 Å². The van der Waals surface area contributed by atoms with Crippen LogP contribution in [0, 0.1) is 0 Å². The minimum Gasteiger partial charge on any atom is -0.329 e. The topological polar surface area (TPSA) is 35.6 Å². The Morgan fingerprint density at radius 3 is 2.95 bits per heavy atom. The molecule has 0 fully saturated rings. The molecule has 2 aromatic heterocycles. The highest BCUT2D eigenvalue weighted by atomic mass is 15.1. The molecule has 0 atom stereocenters. The zero-order chi connectivity index (χ0) is 14.9. The van der Waals surface area contributed by atoms with Crippen molar-refractivity contribution in [2.75, 3.05) is 0 Å². The standard InChI is InChI=1S/C18H20N4/c1-2-18-19-8-9-21(18)11-16-12-22(13-20-16)17-7-6-14-4-3-5-15(14)10-17/h6-10,12-13H,2-5,11H2,1H3. The SMILES string of the molecule is CCc1nccn1Cc1cn(-c2ccc3c(c2)CCC3)cn1. The molecule has 1 aliphatic carbocycles. The van der Waals surface area contributed by atoms with Gasteiger partial charge in [-0.25, -0.2) is 9.97 Å². The zero-order valence-corrected chi connectivity index (χ0v) is 12.9. The van der Waals surface area contributed by atoms with E-state index in [1.165, 1.54) is 36.1 Å². The minimum absolute atomic E-state index is 0.779. The van der Waals surface area contributed by atoms with Crippen LogP contribution in [0.1, 0.15) is 36.0 Å². The van der Waals surface area contributed by atoms with Gasteiger partial charge in [0, 0.05) is 30.7 Å². The van der Waals surface area contributed by atoms with Gasteiger partial charge in [0.15, 0.2) is 0 Å². The molecule has 0 saturated carbocycles. The fraction of sp³-hybridized carbons (Fsp3) is 0.333. The second kappa shape index (κ2) is 5.44. The number of rotatable bonds is 4. The van der Waals surface area contributed by atoms with E-state index < -0.39 is 0 Å². The molecule has 0 spiro atoms. The normalized spacial score (nSPS) is 13.5. The summed E-state index contributed by atoms with van der Waals surface area (Å²) in [5.41, 5.74) is 5.28.